The predicted molar refractivity (Wildman–Crippen MR) is 75.2 cm³/mol. The maximum Gasteiger partial charge on any atom is 0.435 e. The van der Waals surface area contributed by atoms with Crippen LogP contribution >= 0.6 is 0 Å². The van der Waals surface area contributed by atoms with Crippen LogP contribution in [-0.2, 0) is 12.7 Å². The summed E-state index contributed by atoms with van der Waals surface area (Å²) < 4.78 is 43.6. The minimum atomic E-state index is -4.51. The first-order valence-corrected chi connectivity index (χ1v) is 6.78. The third-order valence-corrected chi connectivity index (χ3v) is 3.03. The molecule has 0 aliphatic carbocycles. The summed E-state index contributed by atoms with van der Waals surface area (Å²) in [5.41, 5.74) is -0.473. The molecule has 0 aliphatic rings. The van der Waals surface area contributed by atoms with E-state index < -0.39 is 18.0 Å². The van der Waals surface area contributed by atoms with E-state index in [0.29, 0.717) is 11.3 Å². The lowest BCUT2D eigenvalue weighted by atomic mass is 10.1. The van der Waals surface area contributed by atoms with Crippen LogP contribution in [0, 0.1) is 0 Å². The molecule has 8 heteroatoms. The molecule has 1 heterocycles. The van der Waals surface area contributed by atoms with E-state index in [9.17, 15) is 23.1 Å². The first-order valence-electron chi connectivity index (χ1n) is 6.78. The number of hydrogen-bond donors (Lipinski definition) is 1. The third-order valence-electron chi connectivity index (χ3n) is 3.03. The maximum absolute atomic E-state index is 12.4. The van der Waals surface area contributed by atoms with E-state index in [-0.39, 0.29) is 18.9 Å². The second-order valence-electron chi connectivity index (χ2n) is 4.97. The van der Waals surface area contributed by atoms with E-state index in [4.69, 9.17) is 4.74 Å². The predicted octanol–water partition coefficient (Wildman–Crippen LogP) is 2.54. The van der Waals surface area contributed by atoms with E-state index >= 15 is 0 Å². The highest BCUT2D eigenvalue weighted by molar-refractivity contribution is 5.94. The molecule has 1 N–H and O–H groups in total. The second-order valence-corrected chi connectivity index (χ2v) is 4.97. The molecular formula is C15H15F3N2O3. The zero-order valence-corrected chi connectivity index (χ0v) is 12.2. The van der Waals surface area contributed by atoms with Crippen molar-refractivity contribution in [1.82, 2.24) is 9.78 Å². The van der Waals surface area contributed by atoms with Crippen molar-refractivity contribution in [2.45, 2.75) is 25.7 Å². The van der Waals surface area contributed by atoms with Crippen molar-refractivity contribution in [2.24, 2.45) is 0 Å². The largest absolute Gasteiger partial charge is 0.491 e. The number of ketones is 1. The number of halogens is 3. The number of nitrogens with zero attached hydrogens (tertiary/aromatic N) is 2. The fourth-order valence-corrected chi connectivity index (χ4v) is 1.86. The highest BCUT2D eigenvalue weighted by Crippen LogP contribution is 2.27. The SMILES string of the molecule is CC(=O)c1ccc(OCC(O)Cn2ccc(C(F)(F)F)n2)cc1. The average Bonchev–Trinajstić information content (AvgIpc) is 2.94. The number of benzene rings is 1. The van der Waals surface area contributed by atoms with Crippen LogP contribution < -0.4 is 4.74 Å². The Balaban J connectivity index is 1.86. The standard InChI is InChI=1S/C15H15F3N2O3/c1-10(21)11-2-4-13(5-3-11)23-9-12(22)8-20-7-6-14(19-20)15(16,17)18/h2-7,12,22H,8-9H2,1H3. The van der Waals surface area contributed by atoms with Crippen molar-refractivity contribution < 1.29 is 27.8 Å². The van der Waals surface area contributed by atoms with Crippen LogP contribution in [0.4, 0.5) is 13.2 Å². The van der Waals surface area contributed by atoms with E-state index in [1.54, 1.807) is 24.3 Å². The number of hydrogen-bond acceptors (Lipinski definition) is 4. The van der Waals surface area contributed by atoms with Gasteiger partial charge in [0.05, 0.1) is 6.54 Å². The lowest BCUT2D eigenvalue weighted by Gasteiger charge is -2.12. The van der Waals surface area contributed by atoms with Gasteiger partial charge in [0, 0.05) is 11.8 Å². The summed E-state index contributed by atoms with van der Waals surface area (Å²) in [5, 5.41) is 13.1. The molecule has 0 spiro atoms. The van der Waals surface area contributed by atoms with Gasteiger partial charge in [-0.1, -0.05) is 0 Å². The lowest BCUT2D eigenvalue weighted by molar-refractivity contribution is -0.141. The molecule has 5 nitrogen and oxygen atoms in total. The molecule has 1 aromatic carbocycles. The molecule has 23 heavy (non-hydrogen) atoms. The normalized spacial score (nSPS) is 12.9. The van der Waals surface area contributed by atoms with Crippen molar-refractivity contribution in [3.8, 4) is 5.75 Å². The van der Waals surface area contributed by atoms with Gasteiger partial charge in [0.1, 0.15) is 18.5 Å². The van der Waals surface area contributed by atoms with Crippen molar-refractivity contribution in [3.63, 3.8) is 0 Å². The number of aromatic nitrogens is 2. The summed E-state index contributed by atoms with van der Waals surface area (Å²) >= 11 is 0. The number of aliphatic hydroxyl groups excluding tert-OH is 1. The smallest absolute Gasteiger partial charge is 0.435 e. The van der Waals surface area contributed by atoms with Gasteiger partial charge in [-0.15, -0.1) is 0 Å². The van der Waals surface area contributed by atoms with Gasteiger partial charge in [0.15, 0.2) is 11.5 Å². The van der Waals surface area contributed by atoms with Gasteiger partial charge in [-0.3, -0.25) is 9.48 Å². The molecule has 124 valence electrons. The molecule has 0 bridgehead atoms. The Morgan fingerprint density at radius 2 is 1.96 bits per heavy atom. The van der Waals surface area contributed by atoms with E-state index in [1.165, 1.54) is 6.92 Å². The Hall–Kier alpha value is -2.35. The maximum atomic E-state index is 12.4. The Kier molecular flexibility index (Phi) is 5.05. The quantitative estimate of drug-likeness (QED) is 0.828. The molecule has 0 fully saturated rings. The van der Waals surface area contributed by atoms with Crippen LogP contribution in [0.2, 0.25) is 0 Å². The topological polar surface area (TPSA) is 64.3 Å². The first kappa shape index (κ1) is 17.0. The molecule has 1 unspecified atom stereocenters. The molecule has 0 saturated carbocycles. The fraction of sp³-hybridized carbons (Fsp3) is 0.333. The monoisotopic (exact) mass is 328 g/mol. The van der Waals surface area contributed by atoms with Gasteiger partial charge in [-0.2, -0.15) is 18.3 Å². The Bertz CT molecular complexity index is 665. The highest BCUT2D eigenvalue weighted by atomic mass is 19.4. The zero-order chi connectivity index (χ0) is 17.0. The van der Waals surface area contributed by atoms with Crippen molar-refractivity contribution in [1.29, 1.82) is 0 Å². The Morgan fingerprint density at radius 1 is 1.30 bits per heavy atom. The van der Waals surface area contributed by atoms with Crippen LogP contribution in [-0.4, -0.2) is 33.4 Å². The van der Waals surface area contributed by atoms with Gasteiger partial charge in [-0.05, 0) is 37.3 Å². The molecule has 0 saturated heterocycles. The average molecular weight is 328 g/mol. The van der Waals surface area contributed by atoms with Crippen molar-refractivity contribution in [3.05, 3.63) is 47.8 Å². The first-order chi connectivity index (χ1) is 10.8. The van der Waals surface area contributed by atoms with E-state index in [2.05, 4.69) is 5.10 Å². The number of Topliss-reactive ketones (excluding diaryl/α,β-unsaturated/α-hetero) is 1. The molecule has 0 radical (unpaired) electrons. The minimum absolute atomic E-state index is 0.0734. The number of aliphatic hydroxyl groups is 1. The van der Waals surface area contributed by atoms with E-state index in [1.807, 2.05) is 0 Å². The van der Waals surface area contributed by atoms with Gasteiger partial charge in [0.2, 0.25) is 0 Å². The van der Waals surface area contributed by atoms with Crippen LogP contribution in [0.5, 0.6) is 5.75 Å². The summed E-state index contributed by atoms with van der Waals surface area (Å²) in [6.45, 7) is 1.21. The molecule has 1 atom stereocenters. The van der Waals surface area contributed by atoms with Gasteiger partial charge < -0.3 is 9.84 Å². The zero-order valence-electron chi connectivity index (χ0n) is 12.2. The highest BCUT2D eigenvalue weighted by Gasteiger charge is 2.33. The summed E-state index contributed by atoms with van der Waals surface area (Å²) in [4.78, 5) is 11.1. The minimum Gasteiger partial charge on any atom is -0.491 e. The summed E-state index contributed by atoms with van der Waals surface area (Å²) in [5.74, 6) is 0.376. The van der Waals surface area contributed by atoms with Gasteiger partial charge in [-0.25, -0.2) is 0 Å². The Labute approximate surface area is 130 Å². The molecule has 0 aliphatic heterocycles. The number of ether oxygens (including phenoxy) is 1. The van der Waals surface area contributed by atoms with Crippen LogP contribution in [0.1, 0.15) is 23.0 Å². The number of rotatable bonds is 6. The summed E-state index contributed by atoms with van der Waals surface area (Å²) in [7, 11) is 0. The van der Waals surface area contributed by atoms with Crippen molar-refractivity contribution in [2.75, 3.05) is 6.61 Å². The molecule has 0 amide bonds. The van der Waals surface area contributed by atoms with E-state index in [0.717, 1.165) is 16.9 Å². The van der Waals surface area contributed by atoms with Crippen LogP contribution in [0.25, 0.3) is 0 Å². The van der Waals surface area contributed by atoms with Crippen LogP contribution in [0.15, 0.2) is 36.5 Å². The van der Waals surface area contributed by atoms with Crippen LogP contribution in [0.3, 0.4) is 0 Å². The second kappa shape index (κ2) is 6.82. The Morgan fingerprint density at radius 3 is 2.48 bits per heavy atom. The number of carbonyl (C=O) groups excluding carboxylic acids is 1. The lowest BCUT2D eigenvalue weighted by Crippen LogP contribution is -2.24. The van der Waals surface area contributed by atoms with Gasteiger partial charge >= 0.3 is 6.18 Å². The summed E-state index contributed by atoms with van der Waals surface area (Å²) in [6, 6.07) is 7.19. The molecular weight excluding hydrogens is 313 g/mol. The molecule has 2 rings (SSSR count). The molecule has 1 aromatic heterocycles. The fourth-order valence-electron chi connectivity index (χ4n) is 1.86. The summed E-state index contributed by atoms with van der Waals surface area (Å²) in [6.07, 6.45) is -4.39. The van der Waals surface area contributed by atoms with Gasteiger partial charge in [0.25, 0.3) is 0 Å². The number of carbonyl (C=O) groups is 1. The van der Waals surface area contributed by atoms with Crippen molar-refractivity contribution >= 4 is 5.78 Å². The molecule has 2 aromatic rings. The third kappa shape index (κ3) is 4.82. The number of alkyl halides is 3.